The van der Waals surface area contributed by atoms with E-state index in [-0.39, 0.29) is 0 Å². The number of anilines is 1. The number of rotatable bonds is 5. The fourth-order valence-electron chi connectivity index (χ4n) is 5.09. The zero-order valence-corrected chi connectivity index (χ0v) is 19.0. The monoisotopic (exact) mass is 444 g/mol. The number of nitrogens with zero attached hydrogens (tertiary/aromatic N) is 5. The summed E-state index contributed by atoms with van der Waals surface area (Å²) in [4.78, 5) is 8.84. The van der Waals surface area contributed by atoms with Crippen molar-refractivity contribution < 1.29 is 0 Å². The Hall–Kier alpha value is -2.69. The van der Waals surface area contributed by atoms with E-state index in [2.05, 4.69) is 32.3 Å². The third-order valence-corrected chi connectivity index (χ3v) is 8.40. The number of nitriles is 1. The van der Waals surface area contributed by atoms with Gasteiger partial charge in [0.25, 0.3) is 0 Å². The molecular weight excluding hydrogens is 416 g/mol. The molecule has 1 aliphatic carbocycles. The second kappa shape index (κ2) is 8.34. The van der Waals surface area contributed by atoms with Gasteiger partial charge in [-0.25, -0.2) is 4.98 Å². The molecule has 2 aromatic heterocycles. The quantitative estimate of drug-likeness (QED) is 0.632. The first-order valence-electron chi connectivity index (χ1n) is 11.8. The molecule has 6 rings (SSSR count). The van der Waals surface area contributed by atoms with E-state index < -0.39 is 0 Å². The molecule has 0 bridgehead atoms. The van der Waals surface area contributed by atoms with Gasteiger partial charge in [0.15, 0.2) is 5.13 Å². The van der Waals surface area contributed by atoms with E-state index in [9.17, 15) is 5.26 Å². The number of nitrogens with one attached hydrogen (secondary N) is 1. The fraction of sp³-hybridized carbons (Fsp3) is 0.480. The van der Waals surface area contributed by atoms with Crippen LogP contribution in [0.2, 0.25) is 0 Å². The second-order valence-corrected chi connectivity index (χ2v) is 10.5. The molecule has 4 heterocycles. The normalized spacial score (nSPS) is 23.0. The van der Waals surface area contributed by atoms with Crippen LogP contribution in [0.25, 0.3) is 21.7 Å². The van der Waals surface area contributed by atoms with Gasteiger partial charge in [-0.2, -0.15) is 10.4 Å². The molecule has 2 saturated heterocycles. The largest absolute Gasteiger partial charge is 0.348 e. The maximum absolute atomic E-state index is 9.19. The third-order valence-electron chi connectivity index (χ3n) is 7.23. The van der Waals surface area contributed by atoms with E-state index in [1.165, 1.54) is 30.6 Å². The molecule has 2 unspecified atom stereocenters. The lowest BCUT2D eigenvalue weighted by molar-refractivity contribution is 0.409. The first-order chi connectivity index (χ1) is 15.8. The van der Waals surface area contributed by atoms with Gasteiger partial charge in [-0.1, -0.05) is 23.5 Å². The summed E-state index contributed by atoms with van der Waals surface area (Å²) >= 11 is 1.79. The van der Waals surface area contributed by atoms with E-state index in [0.29, 0.717) is 5.56 Å². The molecule has 1 aromatic carbocycles. The van der Waals surface area contributed by atoms with Crippen LogP contribution in [-0.2, 0) is 6.54 Å². The van der Waals surface area contributed by atoms with Crippen molar-refractivity contribution >= 4 is 16.5 Å². The molecule has 0 radical (unpaired) electrons. The topological polar surface area (TPSA) is 69.8 Å². The molecule has 2 aliphatic heterocycles. The van der Waals surface area contributed by atoms with Crippen LogP contribution in [0.4, 0.5) is 5.13 Å². The van der Waals surface area contributed by atoms with E-state index >= 15 is 0 Å². The maximum Gasteiger partial charge on any atom is 0.186 e. The van der Waals surface area contributed by atoms with Gasteiger partial charge in [0.1, 0.15) is 0 Å². The minimum Gasteiger partial charge on any atom is -0.348 e. The van der Waals surface area contributed by atoms with Crippen molar-refractivity contribution in [2.75, 3.05) is 31.1 Å². The Morgan fingerprint density at radius 2 is 1.78 bits per heavy atom. The molecule has 0 amide bonds. The summed E-state index contributed by atoms with van der Waals surface area (Å²) < 4.78 is 2.09. The number of fused-ring (bicyclic) bond motifs is 1. The standard InChI is InChI=1S/C25H28N6S/c26-11-17-3-5-19(6-4-17)23-24(22-14-28-31(16-22)15-18-1-2-18)32-25(29-23)30-9-7-20-12-27-13-21(20)8-10-30/h3-6,14,16,18,20-21,27H,1-2,7-10,12-13,15H2. The van der Waals surface area contributed by atoms with Crippen LogP contribution in [0.15, 0.2) is 36.7 Å². The Morgan fingerprint density at radius 3 is 2.47 bits per heavy atom. The molecule has 1 N–H and O–H groups in total. The Kier molecular flexibility index (Phi) is 5.20. The van der Waals surface area contributed by atoms with Crippen molar-refractivity contribution in [2.24, 2.45) is 17.8 Å². The van der Waals surface area contributed by atoms with Crippen molar-refractivity contribution in [3.8, 4) is 27.8 Å². The summed E-state index contributed by atoms with van der Waals surface area (Å²) in [5.41, 5.74) is 3.89. The van der Waals surface area contributed by atoms with Crippen LogP contribution in [0, 0.1) is 29.1 Å². The average molecular weight is 445 g/mol. The molecule has 6 nitrogen and oxygen atoms in total. The maximum atomic E-state index is 9.19. The zero-order valence-electron chi connectivity index (χ0n) is 18.2. The molecule has 1 saturated carbocycles. The first-order valence-corrected chi connectivity index (χ1v) is 12.6. The predicted molar refractivity (Wildman–Crippen MR) is 128 cm³/mol. The van der Waals surface area contributed by atoms with E-state index in [0.717, 1.165) is 72.4 Å². The van der Waals surface area contributed by atoms with E-state index in [1.807, 2.05) is 30.5 Å². The Bertz CT molecular complexity index is 1120. The van der Waals surface area contributed by atoms with Gasteiger partial charge < -0.3 is 10.2 Å². The lowest BCUT2D eigenvalue weighted by Crippen LogP contribution is -2.25. The van der Waals surface area contributed by atoms with Crippen molar-refractivity contribution in [2.45, 2.75) is 32.2 Å². The van der Waals surface area contributed by atoms with Gasteiger partial charge in [-0.3, -0.25) is 4.68 Å². The van der Waals surface area contributed by atoms with Crippen LogP contribution >= 0.6 is 11.3 Å². The van der Waals surface area contributed by atoms with Crippen molar-refractivity contribution in [1.82, 2.24) is 20.1 Å². The molecular formula is C25H28N6S. The predicted octanol–water partition coefficient (Wildman–Crippen LogP) is 4.39. The fourth-order valence-corrected chi connectivity index (χ4v) is 6.21. The molecule has 3 fully saturated rings. The minimum atomic E-state index is 0.677. The molecule has 3 aliphatic rings. The van der Waals surface area contributed by atoms with Crippen LogP contribution in [0.5, 0.6) is 0 Å². The number of thiazole rings is 1. The Labute approximate surface area is 192 Å². The van der Waals surface area contributed by atoms with Crippen LogP contribution in [0.3, 0.4) is 0 Å². The highest BCUT2D eigenvalue weighted by molar-refractivity contribution is 7.19. The number of hydrogen-bond donors (Lipinski definition) is 1. The molecule has 2 atom stereocenters. The molecule has 164 valence electrons. The van der Waals surface area contributed by atoms with Gasteiger partial charge in [-0.15, -0.1) is 0 Å². The van der Waals surface area contributed by atoms with Crippen molar-refractivity contribution in [1.29, 1.82) is 5.26 Å². The zero-order chi connectivity index (χ0) is 21.5. The SMILES string of the molecule is N#Cc1ccc(-c2nc(N3CCC4CNCC4CC3)sc2-c2cnn(CC3CC3)c2)cc1. The van der Waals surface area contributed by atoms with Gasteiger partial charge in [0.05, 0.1) is 28.4 Å². The summed E-state index contributed by atoms with van der Waals surface area (Å²) in [6.07, 6.45) is 9.29. The van der Waals surface area contributed by atoms with Gasteiger partial charge in [0.2, 0.25) is 0 Å². The number of hydrogen-bond acceptors (Lipinski definition) is 6. The summed E-state index contributed by atoms with van der Waals surface area (Å²) in [6.45, 7) is 5.49. The summed E-state index contributed by atoms with van der Waals surface area (Å²) in [5.74, 6) is 2.40. The summed E-state index contributed by atoms with van der Waals surface area (Å²) in [7, 11) is 0. The minimum absolute atomic E-state index is 0.677. The molecule has 0 spiro atoms. The Morgan fingerprint density at radius 1 is 1.03 bits per heavy atom. The van der Waals surface area contributed by atoms with Crippen molar-refractivity contribution in [3.63, 3.8) is 0 Å². The lowest BCUT2D eigenvalue weighted by Gasteiger charge is -2.19. The third kappa shape index (κ3) is 3.94. The van der Waals surface area contributed by atoms with Crippen molar-refractivity contribution in [3.05, 3.63) is 42.2 Å². The summed E-state index contributed by atoms with van der Waals surface area (Å²) in [5, 5.41) is 18.5. The molecule has 7 heteroatoms. The molecule has 3 aromatic rings. The molecule has 32 heavy (non-hydrogen) atoms. The highest BCUT2D eigenvalue weighted by atomic mass is 32.1. The van der Waals surface area contributed by atoms with Gasteiger partial charge in [-0.05, 0) is 68.7 Å². The van der Waals surface area contributed by atoms with Crippen LogP contribution in [0.1, 0.15) is 31.2 Å². The lowest BCUT2D eigenvalue weighted by atomic mass is 9.92. The number of benzene rings is 1. The average Bonchev–Trinajstić information content (AvgIpc) is 3.20. The Balaban J connectivity index is 1.34. The second-order valence-electron chi connectivity index (χ2n) is 9.50. The van der Waals surface area contributed by atoms with E-state index in [4.69, 9.17) is 4.98 Å². The van der Waals surface area contributed by atoms with Crippen LogP contribution in [-0.4, -0.2) is 40.9 Å². The van der Waals surface area contributed by atoms with Gasteiger partial charge >= 0.3 is 0 Å². The summed E-state index contributed by atoms with van der Waals surface area (Å²) in [6, 6.07) is 10.0. The van der Waals surface area contributed by atoms with Gasteiger partial charge in [0, 0.05) is 37.0 Å². The highest BCUT2D eigenvalue weighted by Gasteiger charge is 2.31. The van der Waals surface area contributed by atoms with Crippen LogP contribution < -0.4 is 10.2 Å². The number of aromatic nitrogens is 3. The van der Waals surface area contributed by atoms with E-state index in [1.54, 1.807) is 11.3 Å². The highest BCUT2D eigenvalue weighted by Crippen LogP contribution is 2.42. The first kappa shape index (κ1) is 20.0. The smallest absolute Gasteiger partial charge is 0.186 e.